The Bertz CT molecular complexity index is 530. The maximum absolute atomic E-state index is 12.7. The fraction of sp³-hybridized carbons (Fsp3) is 0.632. The minimum Gasteiger partial charge on any atom is -0.343 e. The van der Waals surface area contributed by atoms with Crippen molar-refractivity contribution in [3.8, 4) is 0 Å². The van der Waals surface area contributed by atoms with Crippen molar-refractivity contribution in [2.75, 3.05) is 7.05 Å². The zero-order chi connectivity index (χ0) is 15.7. The number of nitrogens with zero attached hydrogens (tertiary/aromatic N) is 1. The third-order valence-corrected chi connectivity index (χ3v) is 5.59. The molecule has 2 fully saturated rings. The number of benzene rings is 1. The Kier molecular flexibility index (Phi) is 4.53. The Balaban J connectivity index is 1.60. The van der Waals surface area contributed by atoms with E-state index in [4.69, 9.17) is 0 Å². The number of nitrogens with one attached hydrogen (secondary N) is 1. The van der Waals surface area contributed by atoms with Gasteiger partial charge < -0.3 is 10.2 Å². The number of aryl methyl sites for hydroxylation is 1. The van der Waals surface area contributed by atoms with Gasteiger partial charge >= 0.3 is 0 Å². The van der Waals surface area contributed by atoms with Gasteiger partial charge in [0.15, 0.2) is 0 Å². The molecular formula is C19H28N2O. The summed E-state index contributed by atoms with van der Waals surface area (Å²) in [5.74, 6) is 0.580. The Labute approximate surface area is 134 Å². The Hall–Kier alpha value is -1.35. The van der Waals surface area contributed by atoms with E-state index in [0.717, 1.165) is 12.8 Å². The minimum atomic E-state index is 0.287. The van der Waals surface area contributed by atoms with E-state index < -0.39 is 0 Å². The van der Waals surface area contributed by atoms with Crippen LogP contribution in [0.1, 0.15) is 56.1 Å². The van der Waals surface area contributed by atoms with Crippen LogP contribution in [0.15, 0.2) is 24.3 Å². The molecule has 3 atom stereocenters. The Morgan fingerprint density at radius 2 is 1.91 bits per heavy atom. The van der Waals surface area contributed by atoms with Crippen molar-refractivity contribution in [1.29, 1.82) is 0 Å². The quantitative estimate of drug-likeness (QED) is 0.926. The highest BCUT2D eigenvalue weighted by Gasteiger charge is 2.36. The first-order valence-electron chi connectivity index (χ1n) is 8.62. The summed E-state index contributed by atoms with van der Waals surface area (Å²) in [7, 11) is 2.00. The molecule has 22 heavy (non-hydrogen) atoms. The predicted octanol–water partition coefficient (Wildman–Crippen LogP) is 3.23. The van der Waals surface area contributed by atoms with Crippen molar-refractivity contribution in [3.05, 3.63) is 35.4 Å². The van der Waals surface area contributed by atoms with Crippen molar-refractivity contribution in [1.82, 2.24) is 10.2 Å². The van der Waals surface area contributed by atoms with Crippen molar-refractivity contribution in [2.24, 2.45) is 0 Å². The predicted molar refractivity (Wildman–Crippen MR) is 89.9 cm³/mol. The second-order valence-corrected chi connectivity index (χ2v) is 7.23. The summed E-state index contributed by atoms with van der Waals surface area (Å²) in [6, 6.07) is 10.1. The van der Waals surface area contributed by atoms with Crippen molar-refractivity contribution in [2.45, 2.75) is 70.0 Å². The number of piperidine rings is 1. The number of hydrogen-bond acceptors (Lipinski definition) is 2. The third kappa shape index (κ3) is 3.19. The summed E-state index contributed by atoms with van der Waals surface area (Å²) < 4.78 is 0. The Morgan fingerprint density at radius 1 is 1.27 bits per heavy atom. The number of rotatable bonds is 4. The molecule has 0 aliphatic carbocycles. The molecule has 0 radical (unpaired) electrons. The Morgan fingerprint density at radius 3 is 2.55 bits per heavy atom. The van der Waals surface area contributed by atoms with Crippen molar-refractivity contribution < 1.29 is 4.79 Å². The third-order valence-electron chi connectivity index (χ3n) is 5.59. The highest BCUT2D eigenvalue weighted by molar-refractivity contribution is 5.77. The average molecular weight is 300 g/mol. The van der Waals surface area contributed by atoms with E-state index in [1.807, 2.05) is 11.9 Å². The zero-order valence-electron chi connectivity index (χ0n) is 14.0. The van der Waals surface area contributed by atoms with Gasteiger partial charge in [0.1, 0.15) is 0 Å². The summed E-state index contributed by atoms with van der Waals surface area (Å²) in [5.41, 5.74) is 2.58. The molecule has 0 aromatic heterocycles. The first kappa shape index (κ1) is 15.5. The van der Waals surface area contributed by atoms with E-state index in [1.165, 1.54) is 24.0 Å². The second-order valence-electron chi connectivity index (χ2n) is 7.23. The molecule has 2 heterocycles. The minimum absolute atomic E-state index is 0.287. The van der Waals surface area contributed by atoms with Gasteiger partial charge in [0, 0.05) is 31.6 Å². The maximum Gasteiger partial charge on any atom is 0.223 e. The molecule has 2 aliphatic heterocycles. The lowest BCUT2D eigenvalue weighted by molar-refractivity contribution is -0.133. The number of amides is 1. The summed E-state index contributed by atoms with van der Waals surface area (Å²) in [6.07, 6.45) is 5.42. The molecule has 3 heteroatoms. The molecule has 3 rings (SSSR count). The number of carbonyl (C=O) groups excluding carboxylic acids is 1. The molecule has 2 aliphatic rings. The van der Waals surface area contributed by atoms with Gasteiger partial charge in [0.2, 0.25) is 5.91 Å². The summed E-state index contributed by atoms with van der Waals surface area (Å²) >= 11 is 0. The fourth-order valence-electron chi connectivity index (χ4n) is 4.20. The molecule has 1 amide bonds. The van der Waals surface area contributed by atoms with Crippen molar-refractivity contribution >= 4 is 5.91 Å². The van der Waals surface area contributed by atoms with Gasteiger partial charge in [-0.2, -0.15) is 0 Å². The zero-order valence-corrected chi connectivity index (χ0v) is 14.0. The molecule has 0 spiro atoms. The van der Waals surface area contributed by atoms with Crippen LogP contribution >= 0.6 is 0 Å². The number of hydrogen-bond donors (Lipinski definition) is 1. The van der Waals surface area contributed by atoms with Gasteiger partial charge in [-0.3, -0.25) is 4.79 Å². The first-order valence-corrected chi connectivity index (χ1v) is 8.62. The van der Waals surface area contributed by atoms with Crippen LogP contribution in [0, 0.1) is 6.92 Å². The SMILES string of the molecule is Cc1ccccc1C(C)CC(=O)N(C)C1CC2CCC(C1)N2. The van der Waals surface area contributed by atoms with Crippen LogP contribution in [-0.2, 0) is 4.79 Å². The highest BCUT2D eigenvalue weighted by atomic mass is 16.2. The van der Waals surface area contributed by atoms with Crippen LogP contribution in [0.25, 0.3) is 0 Å². The normalized spacial score (nSPS) is 28.4. The van der Waals surface area contributed by atoms with Crippen molar-refractivity contribution in [3.63, 3.8) is 0 Å². The van der Waals surface area contributed by atoms with E-state index in [1.54, 1.807) is 0 Å². The molecule has 2 bridgehead atoms. The molecule has 2 saturated heterocycles. The van der Waals surface area contributed by atoms with E-state index in [9.17, 15) is 4.79 Å². The summed E-state index contributed by atoms with van der Waals surface area (Å²) in [6.45, 7) is 4.30. The number of carbonyl (C=O) groups is 1. The van der Waals surface area contributed by atoms with Crippen LogP contribution in [0.2, 0.25) is 0 Å². The molecule has 0 saturated carbocycles. The van der Waals surface area contributed by atoms with Gasteiger partial charge in [-0.1, -0.05) is 31.2 Å². The van der Waals surface area contributed by atoms with Crippen LogP contribution in [0.3, 0.4) is 0 Å². The van der Waals surface area contributed by atoms with Gasteiger partial charge in [0.25, 0.3) is 0 Å². The van der Waals surface area contributed by atoms with Crippen LogP contribution in [-0.4, -0.2) is 36.0 Å². The lowest BCUT2D eigenvalue weighted by Gasteiger charge is -2.36. The van der Waals surface area contributed by atoms with Crippen LogP contribution < -0.4 is 5.32 Å². The molecule has 1 N–H and O–H groups in total. The molecule has 3 nitrogen and oxygen atoms in total. The largest absolute Gasteiger partial charge is 0.343 e. The summed E-state index contributed by atoms with van der Waals surface area (Å²) in [5, 5.41) is 3.65. The molecule has 3 unspecified atom stereocenters. The molecule has 1 aromatic rings. The fourth-order valence-corrected chi connectivity index (χ4v) is 4.20. The highest BCUT2D eigenvalue weighted by Crippen LogP contribution is 2.30. The maximum atomic E-state index is 12.7. The van der Waals surface area contributed by atoms with E-state index in [-0.39, 0.29) is 5.92 Å². The monoisotopic (exact) mass is 300 g/mol. The van der Waals surface area contributed by atoms with Gasteiger partial charge in [-0.15, -0.1) is 0 Å². The lowest BCUT2D eigenvalue weighted by atomic mass is 9.92. The van der Waals surface area contributed by atoms with E-state index >= 15 is 0 Å². The topological polar surface area (TPSA) is 32.3 Å². The molecular weight excluding hydrogens is 272 g/mol. The standard InChI is InChI=1S/C19H28N2O/c1-13-6-4-5-7-18(13)14(2)10-19(22)21(3)17-11-15-8-9-16(12-17)20-15/h4-7,14-17,20H,8-12H2,1-3H3. The lowest BCUT2D eigenvalue weighted by Crippen LogP contribution is -2.48. The smallest absolute Gasteiger partial charge is 0.223 e. The first-order chi connectivity index (χ1) is 10.5. The van der Waals surface area contributed by atoms with Gasteiger partial charge in [-0.05, 0) is 49.7 Å². The number of fused-ring (bicyclic) bond motifs is 2. The van der Waals surface area contributed by atoms with Crippen LogP contribution in [0.5, 0.6) is 0 Å². The van der Waals surface area contributed by atoms with Crippen LogP contribution in [0.4, 0.5) is 0 Å². The van der Waals surface area contributed by atoms with Gasteiger partial charge in [0.05, 0.1) is 0 Å². The van der Waals surface area contributed by atoms with E-state index in [2.05, 4.69) is 43.4 Å². The average Bonchev–Trinajstić information content (AvgIpc) is 2.85. The summed E-state index contributed by atoms with van der Waals surface area (Å²) in [4.78, 5) is 14.7. The molecule has 120 valence electrons. The van der Waals surface area contributed by atoms with Gasteiger partial charge in [-0.25, -0.2) is 0 Å². The molecule has 1 aromatic carbocycles. The second kappa shape index (κ2) is 6.41. The van der Waals surface area contributed by atoms with E-state index in [0.29, 0.717) is 30.5 Å².